The third kappa shape index (κ3) is 3.46. The minimum absolute atomic E-state index is 0.246. The lowest BCUT2D eigenvalue weighted by Crippen LogP contribution is -2.64. The molecule has 19 heavy (non-hydrogen) atoms. The molecule has 112 valence electrons. The van der Waals surface area contributed by atoms with Crippen LogP contribution in [-0.4, -0.2) is 65.6 Å². The molecule has 0 aliphatic carbocycles. The highest BCUT2D eigenvalue weighted by Crippen LogP contribution is 2.42. The molecule has 2 N–H and O–H groups in total. The van der Waals surface area contributed by atoms with Crippen molar-refractivity contribution in [3.63, 3.8) is 0 Å². The Morgan fingerprint density at radius 3 is 2.21 bits per heavy atom. The Balaban J connectivity index is 2.02. The molecule has 0 saturated carbocycles. The SMILES string of the molecule is CC(C)N1CCN(C2(CN)CSCC(C)(C)C2)CC1. The summed E-state index contributed by atoms with van der Waals surface area (Å²) in [5.41, 5.74) is 6.89. The number of piperazine rings is 1. The Morgan fingerprint density at radius 1 is 1.11 bits per heavy atom. The van der Waals surface area contributed by atoms with Gasteiger partial charge in [-0.1, -0.05) is 13.8 Å². The van der Waals surface area contributed by atoms with Gasteiger partial charge in [-0.2, -0.15) is 11.8 Å². The van der Waals surface area contributed by atoms with E-state index in [-0.39, 0.29) is 5.54 Å². The first kappa shape index (κ1) is 15.6. The van der Waals surface area contributed by atoms with Crippen molar-refractivity contribution in [3.8, 4) is 0 Å². The second-order valence-corrected chi connectivity index (χ2v) is 8.36. The lowest BCUT2D eigenvalue weighted by Gasteiger charge is -2.53. The van der Waals surface area contributed by atoms with Gasteiger partial charge in [0.05, 0.1) is 0 Å². The summed E-state index contributed by atoms with van der Waals surface area (Å²) in [6.07, 6.45) is 1.26. The van der Waals surface area contributed by atoms with E-state index in [9.17, 15) is 0 Å². The van der Waals surface area contributed by atoms with Crippen LogP contribution in [0.5, 0.6) is 0 Å². The molecule has 1 atom stereocenters. The first-order chi connectivity index (χ1) is 8.88. The third-order valence-corrected chi connectivity index (χ3v) is 6.49. The van der Waals surface area contributed by atoms with Crippen LogP contribution in [0.2, 0.25) is 0 Å². The van der Waals surface area contributed by atoms with Gasteiger partial charge in [0.2, 0.25) is 0 Å². The first-order valence-electron chi connectivity index (χ1n) is 7.65. The first-order valence-corrected chi connectivity index (χ1v) is 8.81. The van der Waals surface area contributed by atoms with Crippen molar-refractivity contribution < 1.29 is 0 Å². The zero-order valence-electron chi connectivity index (χ0n) is 13.1. The topological polar surface area (TPSA) is 32.5 Å². The van der Waals surface area contributed by atoms with Crippen LogP contribution >= 0.6 is 11.8 Å². The summed E-state index contributed by atoms with van der Waals surface area (Å²) in [5.74, 6) is 2.50. The second kappa shape index (κ2) is 5.92. The number of hydrogen-bond acceptors (Lipinski definition) is 4. The van der Waals surface area contributed by atoms with Crippen molar-refractivity contribution in [1.82, 2.24) is 9.80 Å². The van der Waals surface area contributed by atoms with E-state index >= 15 is 0 Å². The fourth-order valence-electron chi connectivity index (χ4n) is 3.69. The standard InChI is InChI=1S/C15H31N3S/c1-13(2)17-5-7-18(8-6-17)15(10-16)9-14(3,4)11-19-12-15/h13H,5-12,16H2,1-4H3. The second-order valence-electron chi connectivity index (χ2n) is 7.38. The molecule has 0 amide bonds. The van der Waals surface area contributed by atoms with Crippen LogP contribution in [0, 0.1) is 5.41 Å². The van der Waals surface area contributed by atoms with Gasteiger partial charge in [0.15, 0.2) is 0 Å². The lowest BCUT2D eigenvalue weighted by molar-refractivity contribution is 0.0144. The monoisotopic (exact) mass is 285 g/mol. The van der Waals surface area contributed by atoms with E-state index < -0.39 is 0 Å². The van der Waals surface area contributed by atoms with E-state index in [1.165, 1.54) is 44.1 Å². The molecular weight excluding hydrogens is 254 g/mol. The molecule has 2 aliphatic rings. The van der Waals surface area contributed by atoms with E-state index in [1.54, 1.807) is 0 Å². The summed E-state index contributed by atoms with van der Waals surface area (Å²) in [7, 11) is 0. The maximum Gasteiger partial charge on any atom is 0.0428 e. The quantitative estimate of drug-likeness (QED) is 0.858. The van der Waals surface area contributed by atoms with Crippen molar-refractivity contribution in [2.75, 3.05) is 44.2 Å². The van der Waals surface area contributed by atoms with E-state index in [1.807, 2.05) is 0 Å². The average molecular weight is 286 g/mol. The van der Waals surface area contributed by atoms with Crippen LogP contribution in [0.1, 0.15) is 34.1 Å². The smallest absolute Gasteiger partial charge is 0.0428 e. The Morgan fingerprint density at radius 2 is 1.74 bits per heavy atom. The van der Waals surface area contributed by atoms with Crippen molar-refractivity contribution >= 4 is 11.8 Å². The van der Waals surface area contributed by atoms with Crippen LogP contribution in [0.3, 0.4) is 0 Å². The molecule has 0 aromatic rings. The molecule has 2 fully saturated rings. The Bertz CT molecular complexity index is 298. The Labute approximate surface area is 123 Å². The van der Waals surface area contributed by atoms with Gasteiger partial charge in [0.25, 0.3) is 0 Å². The van der Waals surface area contributed by atoms with Crippen LogP contribution in [0.25, 0.3) is 0 Å². The molecule has 2 rings (SSSR count). The molecule has 0 aromatic heterocycles. The van der Waals surface area contributed by atoms with Gasteiger partial charge < -0.3 is 5.73 Å². The Kier molecular flexibility index (Phi) is 4.87. The molecule has 1 unspecified atom stereocenters. The highest BCUT2D eigenvalue weighted by Gasteiger charge is 2.44. The highest BCUT2D eigenvalue weighted by molar-refractivity contribution is 7.99. The van der Waals surface area contributed by atoms with E-state index in [0.717, 1.165) is 6.54 Å². The molecular formula is C15H31N3S. The number of thioether (sulfide) groups is 1. The molecule has 2 aliphatic heterocycles. The fraction of sp³-hybridized carbons (Fsp3) is 1.00. The molecule has 0 radical (unpaired) electrons. The molecule has 2 saturated heterocycles. The average Bonchev–Trinajstić information content (AvgIpc) is 2.37. The predicted octanol–water partition coefficient (Wildman–Crippen LogP) is 1.87. The van der Waals surface area contributed by atoms with Gasteiger partial charge in [-0.05, 0) is 31.4 Å². The highest BCUT2D eigenvalue weighted by atomic mass is 32.2. The van der Waals surface area contributed by atoms with E-state index in [4.69, 9.17) is 5.73 Å². The molecule has 0 aromatic carbocycles. The number of nitrogens with zero attached hydrogens (tertiary/aromatic N) is 2. The summed E-state index contributed by atoms with van der Waals surface area (Å²) in [5, 5.41) is 0. The zero-order chi connectivity index (χ0) is 14.1. The third-order valence-electron chi connectivity index (χ3n) is 4.77. The van der Waals surface area contributed by atoms with Gasteiger partial charge >= 0.3 is 0 Å². The summed E-state index contributed by atoms with van der Waals surface area (Å²) in [6, 6.07) is 0.674. The van der Waals surface area contributed by atoms with Crippen LogP contribution in [0.4, 0.5) is 0 Å². The van der Waals surface area contributed by atoms with Crippen LogP contribution in [0.15, 0.2) is 0 Å². The van der Waals surface area contributed by atoms with Crippen LogP contribution in [-0.2, 0) is 0 Å². The molecule has 0 spiro atoms. The van der Waals surface area contributed by atoms with Crippen molar-refractivity contribution in [3.05, 3.63) is 0 Å². The largest absolute Gasteiger partial charge is 0.329 e. The van der Waals surface area contributed by atoms with Crippen LogP contribution < -0.4 is 5.73 Å². The van der Waals surface area contributed by atoms with Crippen molar-refractivity contribution in [2.24, 2.45) is 11.1 Å². The minimum Gasteiger partial charge on any atom is -0.329 e. The van der Waals surface area contributed by atoms with Crippen molar-refractivity contribution in [2.45, 2.75) is 45.7 Å². The van der Waals surface area contributed by atoms with Gasteiger partial charge in [0.1, 0.15) is 0 Å². The predicted molar refractivity (Wildman–Crippen MR) is 85.8 cm³/mol. The Hall–Kier alpha value is 0.230. The van der Waals surface area contributed by atoms with Gasteiger partial charge in [-0.25, -0.2) is 0 Å². The van der Waals surface area contributed by atoms with Gasteiger partial charge in [-0.15, -0.1) is 0 Å². The summed E-state index contributed by atoms with van der Waals surface area (Å²) < 4.78 is 0. The van der Waals surface area contributed by atoms with E-state index in [0.29, 0.717) is 11.5 Å². The maximum atomic E-state index is 6.22. The number of hydrogen-bond donors (Lipinski definition) is 1. The summed E-state index contributed by atoms with van der Waals surface area (Å²) in [4.78, 5) is 5.28. The van der Waals surface area contributed by atoms with Gasteiger partial charge in [-0.3, -0.25) is 9.80 Å². The zero-order valence-corrected chi connectivity index (χ0v) is 13.9. The molecule has 4 heteroatoms. The molecule has 0 bridgehead atoms. The number of rotatable bonds is 3. The normalized spacial score (nSPS) is 33.8. The maximum absolute atomic E-state index is 6.22. The summed E-state index contributed by atoms with van der Waals surface area (Å²) in [6.45, 7) is 15.0. The minimum atomic E-state index is 0.246. The lowest BCUT2D eigenvalue weighted by atomic mass is 9.78. The summed E-state index contributed by atoms with van der Waals surface area (Å²) >= 11 is 2.10. The van der Waals surface area contributed by atoms with Crippen molar-refractivity contribution in [1.29, 1.82) is 0 Å². The van der Waals surface area contributed by atoms with Gasteiger partial charge in [0, 0.05) is 50.1 Å². The number of nitrogens with two attached hydrogens (primary N) is 1. The van der Waals surface area contributed by atoms with E-state index in [2.05, 4.69) is 49.3 Å². The molecule has 2 heterocycles. The fourth-order valence-corrected chi connectivity index (χ4v) is 5.23. The molecule has 3 nitrogen and oxygen atoms in total.